The van der Waals surface area contributed by atoms with Crippen LogP contribution in [0.25, 0.3) is 0 Å². The predicted molar refractivity (Wildman–Crippen MR) is 60.8 cm³/mol. The Morgan fingerprint density at radius 1 is 1.37 bits per heavy atom. The SMILES string of the molecule is O=C(Nc1ccc(C(F)(F)F)cc1Cl)c1ncn[nH]1. The van der Waals surface area contributed by atoms with E-state index in [9.17, 15) is 18.0 Å². The van der Waals surface area contributed by atoms with Crippen molar-refractivity contribution in [2.45, 2.75) is 6.18 Å². The highest BCUT2D eigenvalue weighted by Crippen LogP contribution is 2.33. The minimum absolute atomic E-state index is 0.0519. The summed E-state index contributed by atoms with van der Waals surface area (Å²) in [6, 6.07) is 2.62. The van der Waals surface area contributed by atoms with Crippen molar-refractivity contribution in [3.63, 3.8) is 0 Å². The standard InChI is InChI=1S/C10H6ClF3N4O/c11-6-3-5(10(12,13)14)1-2-7(6)17-9(19)8-15-4-16-18-8/h1-4H,(H,17,19)(H,15,16,18). The van der Waals surface area contributed by atoms with Gasteiger partial charge in [-0.05, 0) is 18.2 Å². The normalized spacial score (nSPS) is 11.4. The van der Waals surface area contributed by atoms with E-state index in [4.69, 9.17) is 11.6 Å². The molecule has 0 atom stereocenters. The minimum Gasteiger partial charge on any atom is -0.318 e. The van der Waals surface area contributed by atoms with Crippen LogP contribution in [0.4, 0.5) is 18.9 Å². The Morgan fingerprint density at radius 3 is 2.63 bits per heavy atom. The summed E-state index contributed by atoms with van der Waals surface area (Å²) in [5.41, 5.74) is -0.841. The first-order valence-electron chi connectivity index (χ1n) is 4.91. The molecule has 19 heavy (non-hydrogen) atoms. The summed E-state index contributed by atoms with van der Waals surface area (Å²) in [7, 11) is 0. The number of nitrogens with one attached hydrogen (secondary N) is 2. The Kier molecular flexibility index (Phi) is 3.43. The van der Waals surface area contributed by atoms with Crippen molar-refractivity contribution < 1.29 is 18.0 Å². The molecule has 0 bridgehead atoms. The molecule has 100 valence electrons. The Labute approximate surface area is 109 Å². The smallest absolute Gasteiger partial charge is 0.318 e. The first-order valence-corrected chi connectivity index (χ1v) is 5.29. The number of aromatic amines is 1. The van der Waals surface area contributed by atoms with Crippen LogP contribution in [0.15, 0.2) is 24.5 Å². The second-order valence-electron chi connectivity index (χ2n) is 3.48. The molecule has 1 aromatic carbocycles. The second-order valence-corrected chi connectivity index (χ2v) is 3.89. The molecule has 1 amide bonds. The third-order valence-electron chi connectivity index (χ3n) is 2.17. The lowest BCUT2D eigenvalue weighted by atomic mass is 10.2. The van der Waals surface area contributed by atoms with Gasteiger partial charge >= 0.3 is 6.18 Å². The summed E-state index contributed by atoms with van der Waals surface area (Å²) in [6.07, 6.45) is -3.36. The largest absolute Gasteiger partial charge is 0.416 e. The summed E-state index contributed by atoms with van der Waals surface area (Å²) in [6.45, 7) is 0. The molecule has 9 heteroatoms. The summed E-state index contributed by atoms with van der Waals surface area (Å²) in [5.74, 6) is -0.727. The molecular formula is C10H6ClF3N4O. The van der Waals surface area contributed by atoms with Gasteiger partial charge in [-0.1, -0.05) is 11.6 Å². The molecular weight excluding hydrogens is 285 g/mol. The Balaban J connectivity index is 2.21. The third-order valence-corrected chi connectivity index (χ3v) is 2.49. The van der Waals surface area contributed by atoms with Crippen LogP contribution in [0.1, 0.15) is 16.2 Å². The van der Waals surface area contributed by atoms with Crippen LogP contribution < -0.4 is 5.32 Å². The lowest BCUT2D eigenvalue weighted by molar-refractivity contribution is -0.137. The van der Waals surface area contributed by atoms with Crippen molar-refractivity contribution in [2.24, 2.45) is 0 Å². The van der Waals surface area contributed by atoms with E-state index in [-0.39, 0.29) is 16.5 Å². The molecule has 0 aliphatic carbocycles. The van der Waals surface area contributed by atoms with Gasteiger partial charge in [0, 0.05) is 0 Å². The number of nitrogens with zero attached hydrogens (tertiary/aromatic N) is 2. The second kappa shape index (κ2) is 4.88. The molecule has 0 fully saturated rings. The highest BCUT2D eigenvalue weighted by Gasteiger charge is 2.31. The van der Waals surface area contributed by atoms with Crippen molar-refractivity contribution in [1.29, 1.82) is 0 Å². The number of anilines is 1. The number of H-pyrrole nitrogens is 1. The number of aromatic nitrogens is 3. The van der Waals surface area contributed by atoms with E-state index in [0.29, 0.717) is 0 Å². The molecule has 0 aliphatic heterocycles. The number of carbonyl (C=O) groups excluding carboxylic acids is 1. The number of hydrogen-bond donors (Lipinski definition) is 2. The molecule has 2 N–H and O–H groups in total. The van der Waals surface area contributed by atoms with Crippen LogP contribution in [0.3, 0.4) is 0 Å². The number of hydrogen-bond acceptors (Lipinski definition) is 3. The fourth-order valence-corrected chi connectivity index (χ4v) is 1.52. The van der Waals surface area contributed by atoms with Crippen LogP contribution in [0.2, 0.25) is 5.02 Å². The average Bonchev–Trinajstić information content (AvgIpc) is 2.84. The summed E-state index contributed by atoms with van der Waals surface area (Å²) >= 11 is 5.68. The van der Waals surface area contributed by atoms with E-state index in [1.165, 1.54) is 0 Å². The van der Waals surface area contributed by atoms with E-state index < -0.39 is 17.6 Å². The van der Waals surface area contributed by atoms with Crippen LogP contribution in [-0.4, -0.2) is 21.1 Å². The molecule has 5 nitrogen and oxygen atoms in total. The third kappa shape index (κ3) is 3.02. The first-order chi connectivity index (χ1) is 8.88. The van der Waals surface area contributed by atoms with Gasteiger partial charge in [0.25, 0.3) is 5.91 Å². The number of benzene rings is 1. The van der Waals surface area contributed by atoms with Gasteiger partial charge in [-0.2, -0.15) is 18.3 Å². The van der Waals surface area contributed by atoms with Crippen LogP contribution >= 0.6 is 11.6 Å². The monoisotopic (exact) mass is 290 g/mol. The fraction of sp³-hybridized carbons (Fsp3) is 0.100. The summed E-state index contributed by atoms with van der Waals surface area (Å²) in [4.78, 5) is 15.2. The van der Waals surface area contributed by atoms with Gasteiger partial charge in [-0.3, -0.25) is 9.89 Å². The lowest BCUT2D eigenvalue weighted by Gasteiger charge is -2.10. The van der Waals surface area contributed by atoms with Gasteiger partial charge in [0.05, 0.1) is 16.3 Å². The quantitative estimate of drug-likeness (QED) is 0.893. The van der Waals surface area contributed by atoms with E-state index >= 15 is 0 Å². The zero-order valence-corrected chi connectivity index (χ0v) is 9.88. The van der Waals surface area contributed by atoms with Crippen LogP contribution in [0.5, 0.6) is 0 Å². The summed E-state index contributed by atoms with van der Waals surface area (Å²) < 4.78 is 37.2. The van der Waals surface area contributed by atoms with Gasteiger partial charge in [0.1, 0.15) is 6.33 Å². The number of rotatable bonds is 2. The molecule has 1 aromatic heterocycles. The molecule has 0 unspecified atom stereocenters. The molecule has 2 rings (SSSR count). The number of alkyl halides is 3. The predicted octanol–water partition coefficient (Wildman–Crippen LogP) is 2.73. The maximum Gasteiger partial charge on any atom is 0.416 e. The van der Waals surface area contributed by atoms with E-state index in [2.05, 4.69) is 20.5 Å². The minimum atomic E-state index is -4.49. The number of halogens is 4. The summed E-state index contributed by atoms with van der Waals surface area (Å²) in [5, 5.41) is 7.89. The zero-order chi connectivity index (χ0) is 14.0. The van der Waals surface area contributed by atoms with Crippen molar-refractivity contribution in [2.75, 3.05) is 5.32 Å². The van der Waals surface area contributed by atoms with Gasteiger partial charge in [0.2, 0.25) is 5.82 Å². The molecule has 0 saturated carbocycles. The average molecular weight is 291 g/mol. The number of carbonyl (C=O) groups is 1. The maximum absolute atomic E-state index is 12.4. The molecule has 0 saturated heterocycles. The van der Waals surface area contributed by atoms with Crippen molar-refractivity contribution in [1.82, 2.24) is 15.2 Å². The molecule has 0 spiro atoms. The molecule has 0 radical (unpaired) electrons. The zero-order valence-electron chi connectivity index (χ0n) is 9.12. The topological polar surface area (TPSA) is 70.7 Å². The van der Waals surface area contributed by atoms with E-state index in [1.807, 2.05) is 0 Å². The molecule has 0 aliphatic rings. The fourth-order valence-electron chi connectivity index (χ4n) is 1.29. The van der Waals surface area contributed by atoms with E-state index in [1.54, 1.807) is 0 Å². The molecule has 2 aromatic rings. The van der Waals surface area contributed by atoms with E-state index in [0.717, 1.165) is 24.5 Å². The lowest BCUT2D eigenvalue weighted by Crippen LogP contribution is -2.14. The van der Waals surface area contributed by atoms with Crippen molar-refractivity contribution in [3.05, 3.63) is 40.9 Å². The van der Waals surface area contributed by atoms with Gasteiger partial charge in [-0.25, -0.2) is 4.98 Å². The Bertz CT molecular complexity index is 597. The Hall–Kier alpha value is -2.09. The van der Waals surface area contributed by atoms with Gasteiger partial charge in [-0.15, -0.1) is 0 Å². The highest BCUT2D eigenvalue weighted by molar-refractivity contribution is 6.34. The Morgan fingerprint density at radius 2 is 2.11 bits per heavy atom. The van der Waals surface area contributed by atoms with Crippen LogP contribution in [-0.2, 0) is 6.18 Å². The van der Waals surface area contributed by atoms with Gasteiger partial charge in [0.15, 0.2) is 0 Å². The highest BCUT2D eigenvalue weighted by atomic mass is 35.5. The maximum atomic E-state index is 12.4. The number of amides is 1. The van der Waals surface area contributed by atoms with Gasteiger partial charge < -0.3 is 5.32 Å². The van der Waals surface area contributed by atoms with Crippen molar-refractivity contribution >= 4 is 23.2 Å². The van der Waals surface area contributed by atoms with Crippen molar-refractivity contribution in [3.8, 4) is 0 Å². The molecule has 1 heterocycles. The van der Waals surface area contributed by atoms with Crippen LogP contribution in [0, 0.1) is 0 Å². The first kappa shape index (κ1) is 13.3.